The summed E-state index contributed by atoms with van der Waals surface area (Å²) in [5.74, 6) is 1.01. The van der Waals surface area contributed by atoms with Crippen molar-refractivity contribution in [3.63, 3.8) is 0 Å². The first-order valence-corrected chi connectivity index (χ1v) is 44.8. The topological polar surface area (TPSA) is 237 Å². The van der Waals surface area contributed by atoms with Crippen LogP contribution in [0.1, 0.15) is 415 Å². The van der Waals surface area contributed by atoms with E-state index < -0.39 is 97.5 Å². The Bertz CT molecular complexity index is 1960. The molecule has 0 aliphatic carbocycles. The molecule has 7 atom stereocenters. The molecule has 0 aliphatic heterocycles. The maximum atomic E-state index is 13.1. The van der Waals surface area contributed by atoms with Gasteiger partial charge in [0.2, 0.25) is 0 Å². The number of phosphoric acid groups is 2. The number of unbranched alkanes of at least 4 members (excludes halogenated alkanes) is 42. The van der Waals surface area contributed by atoms with Crippen LogP contribution in [0.25, 0.3) is 0 Å². The molecule has 0 aliphatic rings. The molecule has 0 fully saturated rings. The van der Waals surface area contributed by atoms with Gasteiger partial charge >= 0.3 is 39.5 Å². The largest absolute Gasteiger partial charge is 0.472 e. The molecule has 0 radical (unpaired) electrons. The molecule has 0 saturated heterocycles. The molecule has 19 heteroatoms. The van der Waals surface area contributed by atoms with Crippen LogP contribution < -0.4 is 0 Å². The maximum Gasteiger partial charge on any atom is 0.472 e. The van der Waals surface area contributed by atoms with Gasteiger partial charge in [-0.3, -0.25) is 37.3 Å². The van der Waals surface area contributed by atoms with E-state index in [9.17, 15) is 43.2 Å². The molecule has 17 nitrogen and oxygen atoms in total. The first kappa shape index (κ1) is 98.1. The third-order valence-corrected chi connectivity index (χ3v) is 21.4. The van der Waals surface area contributed by atoms with Gasteiger partial charge in [0.1, 0.15) is 19.3 Å². The number of rotatable bonds is 78. The van der Waals surface area contributed by atoms with Gasteiger partial charge in [-0.15, -0.1) is 0 Å². The van der Waals surface area contributed by atoms with Gasteiger partial charge in [0.25, 0.3) is 0 Å². The van der Waals surface area contributed by atoms with Gasteiger partial charge in [0.05, 0.1) is 26.4 Å². The summed E-state index contributed by atoms with van der Waals surface area (Å²) in [7, 11) is -9.92. The third-order valence-electron chi connectivity index (χ3n) is 19.5. The number of aliphatic hydroxyl groups is 1. The lowest BCUT2D eigenvalue weighted by Gasteiger charge is -2.21. The number of hydrogen-bond acceptors (Lipinski definition) is 15. The fourth-order valence-electron chi connectivity index (χ4n) is 12.4. The van der Waals surface area contributed by atoms with Gasteiger partial charge < -0.3 is 33.8 Å². The lowest BCUT2D eigenvalue weighted by molar-refractivity contribution is -0.161. The minimum atomic E-state index is -4.96. The average Bonchev–Trinajstić information content (AvgIpc) is 0.982. The van der Waals surface area contributed by atoms with E-state index in [1.807, 2.05) is 0 Å². The Morgan fingerprint density at radius 2 is 0.480 bits per heavy atom. The molecule has 0 rings (SSSR count). The van der Waals surface area contributed by atoms with Crippen LogP contribution in [0.3, 0.4) is 0 Å². The van der Waals surface area contributed by atoms with Crippen LogP contribution >= 0.6 is 15.6 Å². The summed E-state index contributed by atoms with van der Waals surface area (Å²) >= 11 is 0. The molecule has 594 valence electrons. The van der Waals surface area contributed by atoms with Crippen LogP contribution in [0.5, 0.6) is 0 Å². The standard InChI is InChI=1S/C81H158O17P2/c1-9-73(7)59-51-43-35-28-24-20-17-18-22-26-30-38-48-56-64-81(86)98-77(68-92-79(84)62-54-46-40-39-44-52-60-74(8)10-2)70-96-100(89,90)94-66-75(82)65-93-99(87,88)95-69-76(67-91-78(83)61-53-45-36-32-31-34-42-50-58-72(5)6)97-80(85)63-55-47-37-29-25-21-16-14-12-11-13-15-19-23-27-33-41-49-57-71(3)4/h71-77,82H,9-70H2,1-8H3,(H,87,88)(H,89,90)/t73?,74?,75-,76-,77-/m1/s1. The van der Waals surface area contributed by atoms with Crippen molar-refractivity contribution in [1.29, 1.82) is 0 Å². The molecule has 0 aromatic rings. The van der Waals surface area contributed by atoms with Gasteiger partial charge in [-0.25, -0.2) is 9.13 Å². The Labute approximate surface area is 613 Å². The number of carbonyl (C=O) groups excluding carboxylic acids is 4. The smallest absolute Gasteiger partial charge is 0.462 e. The van der Waals surface area contributed by atoms with Crippen LogP contribution in [0.2, 0.25) is 0 Å². The summed E-state index contributed by atoms with van der Waals surface area (Å²) in [6, 6.07) is 0. The fraction of sp³-hybridized carbons (Fsp3) is 0.951. The van der Waals surface area contributed by atoms with E-state index in [1.54, 1.807) is 0 Å². The van der Waals surface area contributed by atoms with Crippen molar-refractivity contribution in [2.75, 3.05) is 39.6 Å². The van der Waals surface area contributed by atoms with E-state index >= 15 is 0 Å². The number of aliphatic hydroxyl groups excluding tert-OH is 1. The summed E-state index contributed by atoms with van der Waals surface area (Å²) in [6.07, 6.45) is 57.0. The molecule has 0 spiro atoms. The highest BCUT2D eigenvalue weighted by Gasteiger charge is 2.30. The van der Waals surface area contributed by atoms with Crippen LogP contribution in [0, 0.1) is 23.7 Å². The highest BCUT2D eigenvalue weighted by molar-refractivity contribution is 7.47. The predicted molar refractivity (Wildman–Crippen MR) is 409 cm³/mol. The van der Waals surface area contributed by atoms with Crippen molar-refractivity contribution in [3.8, 4) is 0 Å². The summed E-state index contributed by atoms with van der Waals surface area (Å²) in [4.78, 5) is 73.0. The van der Waals surface area contributed by atoms with Gasteiger partial charge in [0.15, 0.2) is 12.2 Å². The van der Waals surface area contributed by atoms with E-state index in [-0.39, 0.29) is 25.7 Å². The highest BCUT2D eigenvalue weighted by atomic mass is 31.2. The van der Waals surface area contributed by atoms with Crippen molar-refractivity contribution >= 4 is 39.5 Å². The summed E-state index contributed by atoms with van der Waals surface area (Å²) < 4.78 is 68.7. The summed E-state index contributed by atoms with van der Waals surface area (Å²) in [6.45, 7) is 14.3. The van der Waals surface area contributed by atoms with Gasteiger partial charge in [-0.05, 0) is 49.4 Å². The van der Waals surface area contributed by atoms with Crippen LogP contribution in [0.4, 0.5) is 0 Å². The van der Waals surface area contributed by atoms with Gasteiger partial charge in [-0.1, -0.05) is 364 Å². The fourth-order valence-corrected chi connectivity index (χ4v) is 13.9. The van der Waals surface area contributed by atoms with E-state index in [1.165, 1.54) is 212 Å². The number of ether oxygens (including phenoxy) is 4. The lowest BCUT2D eigenvalue weighted by Crippen LogP contribution is -2.30. The van der Waals surface area contributed by atoms with E-state index in [4.69, 9.17) is 37.0 Å². The van der Waals surface area contributed by atoms with Crippen molar-refractivity contribution in [3.05, 3.63) is 0 Å². The number of carbonyl (C=O) groups is 4. The zero-order valence-electron chi connectivity index (χ0n) is 65.8. The summed E-state index contributed by atoms with van der Waals surface area (Å²) in [5, 5.41) is 10.6. The second kappa shape index (κ2) is 70.1. The van der Waals surface area contributed by atoms with E-state index in [0.717, 1.165) is 120 Å². The van der Waals surface area contributed by atoms with E-state index in [2.05, 4.69) is 55.4 Å². The van der Waals surface area contributed by atoms with Crippen molar-refractivity contribution < 1.29 is 80.2 Å². The molecule has 0 amide bonds. The lowest BCUT2D eigenvalue weighted by atomic mass is 9.99. The minimum Gasteiger partial charge on any atom is -0.462 e. The second-order valence-electron chi connectivity index (χ2n) is 30.6. The average molecular weight is 1470 g/mol. The molecule has 0 aromatic carbocycles. The van der Waals surface area contributed by atoms with Crippen LogP contribution in [-0.4, -0.2) is 96.7 Å². The maximum absolute atomic E-state index is 13.1. The molecular weight excluding hydrogens is 1310 g/mol. The molecule has 0 bridgehead atoms. The van der Waals surface area contributed by atoms with Gasteiger partial charge in [-0.2, -0.15) is 0 Å². The van der Waals surface area contributed by atoms with Crippen LogP contribution in [0.15, 0.2) is 0 Å². The monoisotopic (exact) mass is 1470 g/mol. The molecule has 100 heavy (non-hydrogen) atoms. The molecule has 3 N–H and O–H groups in total. The first-order chi connectivity index (χ1) is 48.2. The molecule has 4 unspecified atom stereocenters. The zero-order valence-corrected chi connectivity index (χ0v) is 67.6. The highest BCUT2D eigenvalue weighted by Crippen LogP contribution is 2.45. The molecule has 0 saturated carbocycles. The Balaban J connectivity index is 5.19. The SMILES string of the molecule is CCC(C)CCCCCCCCCCCCCCCCC(=O)O[C@H](COC(=O)CCCCCCCCC(C)CC)COP(=O)(O)OC[C@H](O)COP(=O)(O)OC[C@@H](COC(=O)CCCCCCCCCCC(C)C)OC(=O)CCCCCCCCCCCCCCCCCCCCC(C)C. The third kappa shape index (κ3) is 71.7. The minimum absolute atomic E-state index is 0.106. The molecule has 0 aromatic heterocycles. The van der Waals surface area contributed by atoms with Crippen molar-refractivity contribution in [2.45, 2.75) is 433 Å². The quantitative estimate of drug-likeness (QED) is 0.0222. The zero-order chi connectivity index (χ0) is 73.8. The predicted octanol–water partition coefficient (Wildman–Crippen LogP) is 24.0. The van der Waals surface area contributed by atoms with Crippen LogP contribution in [-0.2, 0) is 65.4 Å². The summed E-state index contributed by atoms with van der Waals surface area (Å²) in [5.41, 5.74) is 0. The second-order valence-corrected chi connectivity index (χ2v) is 33.5. The molecule has 0 heterocycles. The number of hydrogen-bond donors (Lipinski definition) is 3. The Morgan fingerprint density at radius 1 is 0.280 bits per heavy atom. The Kier molecular flexibility index (Phi) is 68.7. The van der Waals surface area contributed by atoms with Crippen molar-refractivity contribution in [2.24, 2.45) is 23.7 Å². The van der Waals surface area contributed by atoms with Crippen molar-refractivity contribution in [1.82, 2.24) is 0 Å². The number of esters is 4. The van der Waals surface area contributed by atoms with Gasteiger partial charge in [0, 0.05) is 25.7 Å². The first-order valence-electron chi connectivity index (χ1n) is 41.8. The Morgan fingerprint density at radius 3 is 0.710 bits per heavy atom. The normalized spacial score (nSPS) is 14.6. The molecular formula is C81H158O17P2. The van der Waals surface area contributed by atoms with E-state index in [0.29, 0.717) is 25.7 Å². The number of phosphoric ester groups is 2. The Hall–Kier alpha value is -1.94.